The number of thiophene rings is 1. The van der Waals surface area contributed by atoms with Gasteiger partial charge >= 0.3 is 0 Å². The second-order valence-corrected chi connectivity index (χ2v) is 4.70. The Morgan fingerprint density at radius 1 is 1.71 bits per heavy atom. The van der Waals surface area contributed by atoms with E-state index in [1.165, 1.54) is 12.0 Å². The summed E-state index contributed by atoms with van der Waals surface area (Å²) in [5, 5.41) is 7.88. The van der Waals surface area contributed by atoms with Crippen LogP contribution >= 0.6 is 11.3 Å². The van der Waals surface area contributed by atoms with Crippen molar-refractivity contribution in [3.8, 4) is 0 Å². The summed E-state index contributed by atoms with van der Waals surface area (Å²) in [6.07, 6.45) is 1.21. The zero-order valence-corrected chi connectivity index (χ0v) is 9.35. The molecule has 1 fully saturated rings. The van der Waals surface area contributed by atoms with Gasteiger partial charge in [0, 0.05) is 19.2 Å². The van der Waals surface area contributed by atoms with Gasteiger partial charge in [-0.25, -0.2) is 0 Å². The highest BCUT2D eigenvalue weighted by Gasteiger charge is 2.21. The second kappa shape index (κ2) is 4.91. The molecule has 14 heavy (non-hydrogen) atoms. The molecule has 0 bridgehead atoms. The molecule has 1 aromatic heterocycles. The minimum absolute atomic E-state index is 0.567. The minimum Gasteiger partial charge on any atom is -0.381 e. The Morgan fingerprint density at radius 3 is 3.29 bits per heavy atom. The van der Waals surface area contributed by atoms with E-state index < -0.39 is 0 Å². The first-order valence-electron chi connectivity index (χ1n) is 5.18. The highest BCUT2D eigenvalue weighted by Crippen LogP contribution is 2.17. The molecule has 0 radical (unpaired) electrons. The largest absolute Gasteiger partial charge is 0.381 e. The van der Waals surface area contributed by atoms with E-state index in [9.17, 15) is 0 Å². The van der Waals surface area contributed by atoms with Gasteiger partial charge in [-0.1, -0.05) is 0 Å². The standard InChI is InChI=1S/C11H17NOS/c1-9(11-2-4-13-7-11)12-6-10-3-5-14-8-10/h3,5,8-9,11-12H,2,4,6-7H2,1H3. The Bertz CT molecular complexity index is 254. The van der Waals surface area contributed by atoms with Gasteiger partial charge in [0.25, 0.3) is 0 Å². The summed E-state index contributed by atoms with van der Waals surface area (Å²) in [5.74, 6) is 0.702. The molecular formula is C11H17NOS. The fraction of sp³-hybridized carbons (Fsp3) is 0.636. The number of ether oxygens (including phenoxy) is 1. The molecule has 1 aliphatic rings. The van der Waals surface area contributed by atoms with Crippen molar-refractivity contribution in [2.24, 2.45) is 5.92 Å². The van der Waals surface area contributed by atoms with E-state index in [-0.39, 0.29) is 0 Å². The lowest BCUT2D eigenvalue weighted by molar-refractivity contribution is 0.178. The summed E-state index contributed by atoms with van der Waals surface area (Å²) >= 11 is 1.76. The zero-order valence-electron chi connectivity index (χ0n) is 8.53. The third-order valence-electron chi connectivity index (χ3n) is 2.88. The summed E-state index contributed by atoms with van der Waals surface area (Å²) in [6.45, 7) is 5.11. The van der Waals surface area contributed by atoms with Crippen molar-refractivity contribution in [1.29, 1.82) is 0 Å². The first-order valence-corrected chi connectivity index (χ1v) is 6.13. The van der Waals surface area contributed by atoms with Crippen LogP contribution in [0.1, 0.15) is 18.9 Å². The van der Waals surface area contributed by atoms with Crippen LogP contribution in [-0.2, 0) is 11.3 Å². The summed E-state index contributed by atoms with van der Waals surface area (Å²) in [4.78, 5) is 0. The Balaban J connectivity index is 1.74. The maximum atomic E-state index is 5.38. The molecule has 1 saturated heterocycles. The van der Waals surface area contributed by atoms with E-state index in [4.69, 9.17) is 4.74 Å². The summed E-state index contributed by atoms with van der Waals surface area (Å²) in [7, 11) is 0. The molecule has 3 heteroatoms. The van der Waals surface area contributed by atoms with Crippen LogP contribution in [0.4, 0.5) is 0 Å². The van der Waals surface area contributed by atoms with Crippen LogP contribution < -0.4 is 5.32 Å². The highest BCUT2D eigenvalue weighted by atomic mass is 32.1. The van der Waals surface area contributed by atoms with Gasteiger partial charge in [-0.15, -0.1) is 0 Å². The van der Waals surface area contributed by atoms with Gasteiger partial charge in [0.1, 0.15) is 0 Å². The summed E-state index contributed by atoms with van der Waals surface area (Å²) in [5.41, 5.74) is 1.39. The van der Waals surface area contributed by atoms with Crippen LogP contribution in [0.2, 0.25) is 0 Å². The van der Waals surface area contributed by atoms with Crippen molar-refractivity contribution < 1.29 is 4.74 Å². The van der Waals surface area contributed by atoms with Crippen LogP contribution in [0, 0.1) is 5.92 Å². The molecule has 2 nitrogen and oxygen atoms in total. The average Bonchev–Trinajstić information content (AvgIpc) is 2.87. The lowest BCUT2D eigenvalue weighted by Gasteiger charge is -2.18. The van der Waals surface area contributed by atoms with Gasteiger partial charge in [-0.3, -0.25) is 0 Å². The summed E-state index contributed by atoms with van der Waals surface area (Å²) < 4.78 is 5.38. The predicted molar refractivity (Wildman–Crippen MR) is 59.5 cm³/mol. The van der Waals surface area contributed by atoms with Crippen LogP contribution in [0.25, 0.3) is 0 Å². The number of rotatable bonds is 4. The number of nitrogens with one attached hydrogen (secondary N) is 1. The fourth-order valence-electron chi connectivity index (χ4n) is 1.79. The van der Waals surface area contributed by atoms with Gasteiger partial charge in [0.05, 0.1) is 6.61 Å². The Kier molecular flexibility index (Phi) is 3.56. The zero-order chi connectivity index (χ0) is 9.80. The predicted octanol–water partition coefficient (Wildman–Crippen LogP) is 2.26. The molecule has 0 saturated carbocycles. The van der Waals surface area contributed by atoms with E-state index >= 15 is 0 Å². The van der Waals surface area contributed by atoms with Crippen molar-refractivity contribution >= 4 is 11.3 Å². The van der Waals surface area contributed by atoms with E-state index in [2.05, 4.69) is 29.1 Å². The number of hydrogen-bond donors (Lipinski definition) is 1. The Morgan fingerprint density at radius 2 is 2.64 bits per heavy atom. The van der Waals surface area contributed by atoms with Gasteiger partial charge in [0.15, 0.2) is 0 Å². The maximum absolute atomic E-state index is 5.38. The minimum atomic E-state index is 0.567. The molecule has 78 valence electrons. The molecule has 1 aromatic rings. The fourth-order valence-corrected chi connectivity index (χ4v) is 2.45. The molecule has 2 rings (SSSR count). The first-order chi connectivity index (χ1) is 6.86. The molecule has 1 N–H and O–H groups in total. The van der Waals surface area contributed by atoms with Crippen molar-refractivity contribution in [3.05, 3.63) is 22.4 Å². The van der Waals surface area contributed by atoms with E-state index in [0.717, 1.165) is 19.8 Å². The monoisotopic (exact) mass is 211 g/mol. The third kappa shape index (κ3) is 2.56. The van der Waals surface area contributed by atoms with Crippen LogP contribution in [-0.4, -0.2) is 19.3 Å². The van der Waals surface area contributed by atoms with Gasteiger partial charge in [-0.2, -0.15) is 11.3 Å². The molecule has 0 amide bonds. The van der Waals surface area contributed by atoms with Gasteiger partial charge in [0.2, 0.25) is 0 Å². The van der Waals surface area contributed by atoms with Gasteiger partial charge in [-0.05, 0) is 41.7 Å². The second-order valence-electron chi connectivity index (χ2n) is 3.92. The SMILES string of the molecule is CC(NCc1ccsc1)C1CCOC1. The average molecular weight is 211 g/mol. The lowest BCUT2D eigenvalue weighted by atomic mass is 10.0. The topological polar surface area (TPSA) is 21.3 Å². The van der Waals surface area contributed by atoms with Crippen molar-refractivity contribution in [2.75, 3.05) is 13.2 Å². The maximum Gasteiger partial charge on any atom is 0.0509 e. The van der Waals surface area contributed by atoms with Crippen molar-refractivity contribution in [3.63, 3.8) is 0 Å². The molecule has 0 spiro atoms. The quantitative estimate of drug-likeness (QED) is 0.825. The summed E-state index contributed by atoms with van der Waals surface area (Å²) in [6, 6.07) is 2.74. The Hall–Kier alpha value is -0.380. The lowest BCUT2D eigenvalue weighted by Crippen LogP contribution is -2.33. The van der Waals surface area contributed by atoms with Crippen molar-refractivity contribution in [1.82, 2.24) is 5.32 Å². The molecule has 1 aliphatic heterocycles. The van der Waals surface area contributed by atoms with Gasteiger partial charge < -0.3 is 10.1 Å². The molecular weight excluding hydrogens is 194 g/mol. The molecule has 2 unspecified atom stereocenters. The first kappa shape index (κ1) is 10.1. The van der Waals surface area contributed by atoms with E-state index in [1.807, 2.05) is 0 Å². The normalized spacial score (nSPS) is 23.9. The molecule has 0 aromatic carbocycles. The molecule has 2 heterocycles. The van der Waals surface area contributed by atoms with E-state index in [1.54, 1.807) is 11.3 Å². The van der Waals surface area contributed by atoms with Crippen LogP contribution in [0.3, 0.4) is 0 Å². The van der Waals surface area contributed by atoms with Crippen LogP contribution in [0.5, 0.6) is 0 Å². The van der Waals surface area contributed by atoms with Crippen molar-refractivity contribution in [2.45, 2.75) is 25.9 Å². The Labute approximate surface area is 89.3 Å². The molecule has 0 aliphatic carbocycles. The smallest absolute Gasteiger partial charge is 0.0509 e. The molecule has 2 atom stereocenters. The number of hydrogen-bond acceptors (Lipinski definition) is 3. The highest BCUT2D eigenvalue weighted by molar-refractivity contribution is 7.07. The van der Waals surface area contributed by atoms with Crippen LogP contribution in [0.15, 0.2) is 16.8 Å². The third-order valence-corrected chi connectivity index (χ3v) is 3.61. The van der Waals surface area contributed by atoms with E-state index in [0.29, 0.717) is 12.0 Å².